The zero-order valence-electron chi connectivity index (χ0n) is 13.3. The van der Waals surface area contributed by atoms with Crippen LogP contribution in [-0.4, -0.2) is 33.6 Å². The Hall–Kier alpha value is -1.56. The van der Waals surface area contributed by atoms with Crippen LogP contribution in [0.1, 0.15) is 33.1 Å². The average Bonchev–Trinajstić information content (AvgIpc) is 3.15. The average molecular weight is 306 g/mol. The highest BCUT2D eigenvalue weighted by Crippen LogP contribution is 2.48. The molecule has 22 heavy (non-hydrogen) atoms. The molecule has 0 saturated heterocycles. The van der Waals surface area contributed by atoms with Gasteiger partial charge in [0.25, 0.3) is 0 Å². The van der Waals surface area contributed by atoms with Crippen molar-refractivity contribution in [1.82, 2.24) is 15.1 Å². The molecule has 4 unspecified atom stereocenters. The molecule has 0 aromatic carbocycles. The van der Waals surface area contributed by atoms with Crippen LogP contribution in [0.4, 0.5) is 10.6 Å². The minimum atomic E-state index is -0.193. The fourth-order valence-corrected chi connectivity index (χ4v) is 4.13. The first-order valence-electron chi connectivity index (χ1n) is 8.28. The van der Waals surface area contributed by atoms with Crippen molar-refractivity contribution in [3.05, 3.63) is 12.3 Å². The molecule has 6 nitrogen and oxygen atoms in total. The smallest absolute Gasteiger partial charge is 0.320 e. The second kappa shape index (κ2) is 6.28. The molecule has 2 aliphatic rings. The first-order valence-corrected chi connectivity index (χ1v) is 8.28. The van der Waals surface area contributed by atoms with Crippen LogP contribution in [0.15, 0.2) is 12.3 Å². The molecule has 4 atom stereocenters. The second-order valence-electron chi connectivity index (χ2n) is 7.10. The molecule has 0 aliphatic heterocycles. The number of nitrogens with one attached hydrogen (secondary N) is 2. The third kappa shape index (κ3) is 2.97. The van der Waals surface area contributed by atoms with Crippen molar-refractivity contribution in [3.8, 4) is 0 Å². The van der Waals surface area contributed by atoms with Gasteiger partial charge in [0.1, 0.15) is 5.82 Å². The van der Waals surface area contributed by atoms with E-state index >= 15 is 0 Å². The number of aliphatic hydroxyl groups excluding tert-OH is 1. The molecule has 2 aliphatic carbocycles. The normalized spacial score (nSPS) is 30.0. The van der Waals surface area contributed by atoms with Crippen LogP contribution < -0.4 is 10.6 Å². The van der Waals surface area contributed by atoms with Crippen LogP contribution in [0.3, 0.4) is 0 Å². The maximum absolute atomic E-state index is 12.3. The van der Waals surface area contributed by atoms with Crippen molar-refractivity contribution in [1.29, 1.82) is 0 Å². The number of carbonyl (C=O) groups excluding carboxylic acids is 1. The Morgan fingerprint density at radius 1 is 1.45 bits per heavy atom. The third-order valence-electron chi connectivity index (χ3n) is 5.09. The van der Waals surface area contributed by atoms with Gasteiger partial charge in [0.15, 0.2) is 0 Å². The van der Waals surface area contributed by atoms with Crippen molar-refractivity contribution in [2.75, 3.05) is 11.9 Å². The van der Waals surface area contributed by atoms with E-state index in [1.54, 1.807) is 6.20 Å². The monoisotopic (exact) mass is 306 g/mol. The van der Waals surface area contributed by atoms with Gasteiger partial charge in [-0.3, -0.25) is 5.32 Å². The Kier molecular flexibility index (Phi) is 4.38. The van der Waals surface area contributed by atoms with E-state index in [-0.39, 0.29) is 24.6 Å². The molecule has 6 heteroatoms. The Balaban J connectivity index is 1.60. The molecule has 1 heterocycles. The number of aliphatic hydroxyl groups is 1. The van der Waals surface area contributed by atoms with E-state index in [2.05, 4.69) is 29.6 Å². The van der Waals surface area contributed by atoms with E-state index in [4.69, 9.17) is 0 Å². The van der Waals surface area contributed by atoms with Gasteiger partial charge >= 0.3 is 6.03 Å². The number of urea groups is 1. The fourth-order valence-electron chi connectivity index (χ4n) is 4.13. The van der Waals surface area contributed by atoms with E-state index < -0.39 is 0 Å². The van der Waals surface area contributed by atoms with Crippen molar-refractivity contribution in [2.24, 2.45) is 23.7 Å². The lowest BCUT2D eigenvalue weighted by molar-refractivity contribution is 0.146. The van der Waals surface area contributed by atoms with E-state index in [1.807, 2.05) is 10.7 Å². The summed E-state index contributed by atoms with van der Waals surface area (Å²) in [6.45, 7) is 5.17. The van der Waals surface area contributed by atoms with Gasteiger partial charge < -0.3 is 10.4 Å². The standard InChI is InChI=1S/C16H26N4O2/c1-10(2)8-20-14(5-6-17-20)18-16(22)19-15-12-4-3-11(7-12)13(15)9-21/h5-6,10-13,15,21H,3-4,7-9H2,1-2H3,(H2,18,19,22). The van der Waals surface area contributed by atoms with Gasteiger partial charge in [-0.05, 0) is 37.0 Å². The summed E-state index contributed by atoms with van der Waals surface area (Å²) in [7, 11) is 0. The third-order valence-corrected chi connectivity index (χ3v) is 5.09. The van der Waals surface area contributed by atoms with Crippen LogP contribution in [0.25, 0.3) is 0 Å². The summed E-state index contributed by atoms with van der Waals surface area (Å²) in [5.74, 6) is 2.49. The van der Waals surface area contributed by atoms with Gasteiger partial charge in [-0.15, -0.1) is 0 Å². The zero-order chi connectivity index (χ0) is 15.7. The molecule has 0 spiro atoms. The number of hydrogen-bond acceptors (Lipinski definition) is 3. The Morgan fingerprint density at radius 3 is 2.95 bits per heavy atom. The Bertz CT molecular complexity index is 528. The van der Waals surface area contributed by atoms with Crippen LogP contribution in [0.2, 0.25) is 0 Å². The highest BCUT2D eigenvalue weighted by Gasteiger charge is 2.47. The van der Waals surface area contributed by atoms with Gasteiger partial charge in [0, 0.05) is 31.2 Å². The van der Waals surface area contributed by atoms with Gasteiger partial charge in [0.2, 0.25) is 0 Å². The number of anilines is 1. The van der Waals surface area contributed by atoms with E-state index in [0.29, 0.717) is 17.8 Å². The first kappa shape index (κ1) is 15.3. The second-order valence-corrected chi connectivity index (χ2v) is 7.10. The molecular weight excluding hydrogens is 280 g/mol. The predicted octanol–water partition coefficient (Wildman–Crippen LogP) is 2.07. The number of fused-ring (bicyclic) bond motifs is 2. The largest absolute Gasteiger partial charge is 0.396 e. The molecule has 2 saturated carbocycles. The summed E-state index contributed by atoms with van der Waals surface area (Å²) in [4.78, 5) is 12.3. The summed E-state index contributed by atoms with van der Waals surface area (Å²) in [6.07, 6.45) is 5.20. The van der Waals surface area contributed by atoms with Crippen LogP contribution >= 0.6 is 0 Å². The molecule has 2 fully saturated rings. The molecular formula is C16H26N4O2. The molecule has 1 aromatic heterocycles. The van der Waals surface area contributed by atoms with E-state index in [0.717, 1.165) is 25.2 Å². The number of hydrogen-bond donors (Lipinski definition) is 3. The summed E-state index contributed by atoms with van der Waals surface area (Å²) in [6, 6.07) is 1.72. The fraction of sp³-hybridized carbons (Fsp3) is 0.750. The molecule has 3 N–H and O–H groups in total. The summed E-state index contributed by atoms with van der Waals surface area (Å²) in [5, 5.41) is 19.8. The van der Waals surface area contributed by atoms with Gasteiger partial charge in [-0.25, -0.2) is 9.48 Å². The minimum absolute atomic E-state index is 0.102. The topological polar surface area (TPSA) is 79.2 Å². The van der Waals surface area contributed by atoms with Crippen molar-refractivity contribution >= 4 is 11.8 Å². The number of carbonyl (C=O) groups is 1. The van der Waals surface area contributed by atoms with Gasteiger partial charge in [0.05, 0.1) is 6.20 Å². The van der Waals surface area contributed by atoms with Gasteiger partial charge in [-0.1, -0.05) is 13.8 Å². The number of amides is 2. The zero-order valence-corrected chi connectivity index (χ0v) is 13.3. The maximum atomic E-state index is 12.3. The molecule has 1 aromatic rings. The lowest BCUT2D eigenvalue weighted by Crippen LogP contribution is -2.47. The number of nitrogens with zero attached hydrogens (tertiary/aromatic N) is 2. The van der Waals surface area contributed by atoms with E-state index in [1.165, 1.54) is 6.42 Å². The number of aromatic nitrogens is 2. The van der Waals surface area contributed by atoms with Crippen LogP contribution in [0, 0.1) is 23.7 Å². The van der Waals surface area contributed by atoms with Crippen molar-refractivity contribution in [2.45, 2.75) is 45.7 Å². The van der Waals surface area contributed by atoms with Crippen molar-refractivity contribution < 1.29 is 9.90 Å². The molecule has 0 radical (unpaired) electrons. The quantitative estimate of drug-likeness (QED) is 0.779. The molecule has 122 valence electrons. The maximum Gasteiger partial charge on any atom is 0.320 e. The molecule has 3 rings (SSSR count). The minimum Gasteiger partial charge on any atom is -0.396 e. The van der Waals surface area contributed by atoms with Crippen LogP contribution in [0.5, 0.6) is 0 Å². The highest BCUT2D eigenvalue weighted by atomic mass is 16.3. The Morgan fingerprint density at radius 2 is 2.23 bits per heavy atom. The Labute approximate surface area is 131 Å². The summed E-state index contributed by atoms with van der Waals surface area (Å²) in [5.41, 5.74) is 0. The highest BCUT2D eigenvalue weighted by molar-refractivity contribution is 5.88. The van der Waals surface area contributed by atoms with Crippen molar-refractivity contribution in [3.63, 3.8) is 0 Å². The first-order chi connectivity index (χ1) is 10.6. The molecule has 2 bridgehead atoms. The predicted molar refractivity (Wildman–Crippen MR) is 84.4 cm³/mol. The molecule has 2 amide bonds. The lowest BCUT2D eigenvalue weighted by atomic mass is 9.85. The van der Waals surface area contributed by atoms with Crippen LogP contribution in [-0.2, 0) is 6.54 Å². The lowest BCUT2D eigenvalue weighted by Gasteiger charge is -2.30. The summed E-state index contributed by atoms with van der Waals surface area (Å²) < 4.78 is 1.81. The summed E-state index contributed by atoms with van der Waals surface area (Å²) >= 11 is 0. The van der Waals surface area contributed by atoms with Gasteiger partial charge in [-0.2, -0.15) is 5.10 Å². The number of rotatable bonds is 5. The van der Waals surface area contributed by atoms with E-state index in [9.17, 15) is 9.90 Å². The SMILES string of the molecule is CC(C)Cn1nccc1NC(=O)NC1C2CCC(C2)C1CO.